The zero-order chi connectivity index (χ0) is 29.3. The molecule has 11 atom stereocenters. The second kappa shape index (κ2) is 10.3. The Bertz CT molecular complexity index is 1190. The summed E-state index contributed by atoms with van der Waals surface area (Å²) in [4.78, 5) is 28.3. The first kappa shape index (κ1) is 29.1. The van der Waals surface area contributed by atoms with Crippen molar-refractivity contribution in [3.63, 3.8) is 0 Å². The summed E-state index contributed by atoms with van der Waals surface area (Å²) >= 11 is 0. The van der Waals surface area contributed by atoms with E-state index in [1.54, 1.807) is 38.5 Å². The molecule has 5 bridgehead atoms. The number of methoxy groups -OCH3 is 3. The number of benzene rings is 1. The first-order chi connectivity index (χ1) is 19.6. The number of likely N-dealkylation sites (tertiary alicyclic amines) is 1. The Kier molecular flexibility index (Phi) is 7.30. The highest BCUT2D eigenvalue weighted by Gasteiger charge is 2.81. The summed E-state index contributed by atoms with van der Waals surface area (Å²) in [5.41, 5.74) is -1.20. The van der Waals surface area contributed by atoms with Gasteiger partial charge < -0.3 is 29.4 Å². The van der Waals surface area contributed by atoms with E-state index in [2.05, 4.69) is 24.1 Å². The lowest BCUT2D eigenvalue weighted by molar-refractivity contribution is -0.296. The minimum atomic E-state index is -0.962. The molecular weight excluding hydrogens is 524 g/mol. The highest BCUT2D eigenvalue weighted by molar-refractivity contribution is 6.00. The van der Waals surface area contributed by atoms with Crippen LogP contribution in [0.25, 0.3) is 0 Å². The molecule has 226 valence electrons. The van der Waals surface area contributed by atoms with Crippen molar-refractivity contribution in [2.75, 3.05) is 39.7 Å². The van der Waals surface area contributed by atoms with Gasteiger partial charge in [0.05, 0.1) is 35.2 Å². The van der Waals surface area contributed by atoms with E-state index in [-0.39, 0.29) is 59.3 Å². The Hall–Kier alpha value is -2.04. The van der Waals surface area contributed by atoms with Crippen molar-refractivity contribution in [3.05, 3.63) is 29.8 Å². The Morgan fingerprint density at radius 2 is 1.88 bits per heavy atom. The van der Waals surface area contributed by atoms with Gasteiger partial charge in [0, 0.05) is 76.9 Å². The highest BCUT2D eigenvalue weighted by Crippen LogP contribution is 2.75. The average molecular weight is 571 g/mol. The van der Waals surface area contributed by atoms with Gasteiger partial charge in [0.15, 0.2) is 0 Å². The van der Waals surface area contributed by atoms with Gasteiger partial charge >= 0.3 is 5.97 Å². The monoisotopic (exact) mass is 570 g/mol. The molecule has 41 heavy (non-hydrogen) atoms. The van der Waals surface area contributed by atoms with Gasteiger partial charge in [-0.15, -0.1) is 0 Å². The van der Waals surface area contributed by atoms with Crippen LogP contribution in [0.2, 0.25) is 0 Å². The summed E-state index contributed by atoms with van der Waals surface area (Å²) in [5.74, 6) is -0.676. The summed E-state index contributed by atoms with van der Waals surface area (Å²) in [6.07, 6.45) is 3.31. The summed E-state index contributed by atoms with van der Waals surface area (Å²) in [6.45, 7) is 7.28. The third kappa shape index (κ3) is 3.92. The van der Waals surface area contributed by atoms with Crippen molar-refractivity contribution in [1.82, 2.24) is 4.90 Å². The Morgan fingerprint density at radius 3 is 2.54 bits per heavy atom. The third-order valence-electron chi connectivity index (χ3n) is 12.0. The van der Waals surface area contributed by atoms with Crippen LogP contribution < -0.4 is 5.32 Å². The molecular formula is C32H46N2O7. The molecule has 5 fully saturated rings. The molecule has 9 heteroatoms. The number of esters is 1. The highest BCUT2D eigenvalue weighted by atomic mass is 16.6. The topological polar surface area (TPSA) is 107 Å². The Labute approximate surface area is 243 Å². The number of carbonyl (C=O) groups is 2. The third-order valence-corrected chi connectivity index (χ3v) is 12.0. The molecule has 4 aliphatic carbocycles. The quantitative estimate of drug-likeness (QED) is 0.480. The van der Waals surface area contributed by atoms with Crippen molar-refractivity contribution in [2.24, 2.45) is 29.1 Å². The standard InChI is InChI=1S/C32H46N2O7/c1-7-34-17-30(41-29(36)21-10-8-9-11-23(21)33-19(3)35)13-12-26(40-6)32-18(2)27-24(39-5)14-20(38-4)16-31(27,37)22(28(32)34)15-25(30)32/h8-11,18,20,22,24-28,37H,7,12-17H2,1-6H3,(H,33,35)/t18-,20-,22?,24+,25-,26+,27?,28?,30-,31+,32?/m1/s1. The van der Waals surface area contributed by atoms with Crippen LogP contribution in [-0.2, 0) is 23.7 Å². The molecule has 1 saturated heterocycles. The maximum absolute atomic E-state index is 14.0. The molecule has 9 nitrogen and oxygen atoms in total. The molecule has 1 aliphatic heterocycles. The van der Waals surface area contributed by atoms with Crippen LogP contribution in [0.5, 0.6) is 0 Å². The number of likely N-dealkylation sites (N-methyl/N-ethyl adjacent to an activating group) is 1. The van der Waals surface area contributed by atoms with Crippen LogP contribution in [-0.4, -0.2) is 91.9 Å². The van der Waals surface area contributed by atoms with Crippen LogP contribution in [0.15, 0.2) is 24.3 Å². The maximum atomic E-state index is 14.0. The smallest absolute Gasteiger partial charge is 0.340 e. The van der Waals surface area contributed by atoms with E-state index in [0.717, 1.165) is 25.8 Å². The van der Waals surface area contributed by atoms with Crippen LogP contribution in [0.3, 0.4) is 0 Å². The van der Waals surface area contributed by atoms with Gasteiger partial charge in [-0.3, -0.25) is 9.69 Å². The number of nitrogens with zero attached hydrogens (tertiary/aromatic N) is 1. The molecule has 4 saturated carbocycles. The molecule has 1 heterocycles. The first-order valence-corrected chi connectivity index (χ1v) is 15.3. The number of hydrogen-bond donors (Lipinski definition) is 2. The number of amides is 1. The lowest BCUT2D eigenvalue weighted by Gasteiger charge is -2.70. The summed E-state index contributed by atoms with van der Waals surface area (Å²) in [5, 5.41) is 15.6. The number of carbonyl (C=O) groups excluding carboxylic acids is 2. The summed E-state index contributed by atoms with van der Waals surface area (Å²) in [7, 11) is 5.28. The summed E-state index contributed by atoms with van der Waals surface area (Å²) in [6, 6.07) is 7.14. The van der Waals surface area contributed by atoms with Crippen molar-refractivity contribution in [2.45, 2.75) is 88.4 Å². The molecule has 6 rings (SSSR count). The lowest BCUT2D eigenvalue weighted by Crippen LogP contribution is -2.79. The van der Waals surface area contributed by atoms with Gasteiger partial charge in [-0.25, -0.2) is 4.79 Å². The fourth-order valence-electron chi connectivity index (χ4n) is 10.8. The maximum Gasteiger partial charge on any atom is 0.340 e. The van der Waals surface area contributed by atoms with E-state index >= 15 is 0 Å². The van der Waals surface area contributed by atoms with Gasteiger partial charge in [-0.05, 0) is 43.9 Å². The molecule has 1 spiro atoms. The van der Waals surface area contributed by atoms with E-state index in [4.69, 9.17) is 18.9 Å². The SMILES string of the molecule is CCN1C[C@]2(OC(=O)c3ccccc3NC(C)=O)CC[C@H](OC)C34C1C(C[C@@H]32)[C@@]1(O)C[C@H](OC)C[C@H](OC)C1[C@H]4C. The van der Waals surface area contributed by atoms with Crippen molar-refractivity contribution < 1.29 is 33.6 Å². The molecule has 5 aliphatic rings. The number of para-hydroxylation sites is 1. The summed E-state index contributed by atoms with van der Waals surface area (Å²) < 4.78 is 25.0. The zero-order valence-electron chi connectivity index (χ0n) is 25.2. The van der Waals surface area contributed by atoms with Crippen LogP contribution in [0.4, 0.5) is 5.69 Å². The lowest BCUT2D eigenvalue weighted by atomic mass is 9.43. The molecule has 2 N–H and O–H groups in total. The number of piperidine rings is 1. The average Bonchev–Trinajstić information content (AvgIpc) is 3.21. The Morgan fingerprint density at radius 1 is 1.12 bits per heavy atom. The van der Waals surface area contributed by atoms with E-state index in [1.807, 2.05) is 7.11 Å². The number of anilines is 1. The Balaban J connectivity index is 1.47. The predicted octanol–water partition coefficient (Wildman–Crippen LogP) is 3.50. The zero-order valence-corrected chi connectivity index (χ0v) is 25.2. The van der Waals surface area contributed by atoms with Crippen LogP contribution in [0, 0.1) is 29.1 Å². The predicted molar refractivity (Wildman–Crippen MR) is 152 cm³/mol. The van der Waals surface area contributed by atoms with E-state index in [0.29, 0.717) is 30.6 Å². The molecule has 0 radical (unpaired) electrons. The molecule has 4 unspecified atom stereocenters. The van der Waals surface area contributed by atoms with Gasteiger partial charge in [0.25, 0.3) is 0 Å². The number of rotatable bonds is 7. The van der Waals surface area contributed by atoms with Crippen molar-refractivity contribution in [1.29, 1.82) is 0 Å². The second-order valence-corrected chi connectivity index (χ2v) is 13.2. The molecule has 1 aromatic rings. The number of hydrogen-bond acceptors (Lipinski definition) is 8. The molecule has 0 aromatic heterocycles. The van der Waals surface area contributed by atoms with Gasteiger partial charge in [0.2, 0.25) is 5.91 Å². The normalized spacial score (nSPS) is 44.7. The van der Waals surface area contributed by atoms with E-state index in [9.17, 15) is 14.7 Å². The van der Waals surface area contributed by atoms with Crippen LogP contribution >= 0.6 is 0 Å². The second-order valence-electron chi connectivity index (χ2n) is 13.2. The van der Waals surface area contributed by atoms with Gasteiger partial charge in [0.1, 0.15) is 5.60 Å². The van der Waals surface area contributed by atoms with Gasteiger partial charge in [-0.2, -0.15) is 0 Å². The van der Waals surface area contributed by atoms with Crippen molar-refractivity contribution >= 4 is 17.6 Å². The van der Waals surface area contributed by atoms with Gasteiger partial charge in [-0.1, -0.05) is 26.0 Å². The molecule has 1 amide bonds. The number of nitrogens with one attached hydrogen (secondary N) is 1. The van der Waals surface area contributed by atoms with E-state index < -0.39 is 17.2 Å². The first-order valence-electron chi connectivity index (χ1n) is 15.3. The fraction of sp³-hybridized carbons (Fsp3) is 0.750. The number of aliphatic hydroxyl groups is 1. The van der Waals surface area contributed by atoms with Crippen molar-refractivity contribution in [3.8, 4) is 0 Å². The minimum absolute atomic E-state index is 0.0199. The number of ether oxygens (including phenoxy) is 4. The fourth-order valence-corrected chi connectivity index (χ4v) is 10.8. The molecule has 1 aromatic carbocycles. The van der Waals surface area contributed by atoms with Crippen LogP contribution in [0.1, 0.15) is 63.2 Å². The van der Waals surface area contributed by atoms with E-state index in [1.165, 1.54) is 6.92 Å². The minimum Gasteiger partial charge on any atom is -0.454 e. The largest absolute Gasteiger partial charge is 0.454 e. The number of fused-ring (bicyclic) bond motifs is 2.